The van der Waals surface area contributed by atoms with Gasteiger partial charge in [-0.2, -0.15) is 0 Å². The molecule has 3 aromatic rings. The van der Waals surface area contributed by atoms with Crippen LogP contribution >= 0.6 is 11.6 Å². The summed E-state index contributed by atoms with van der Waals surface area (Å²) in [6, 6.07) is 17.0. The Balaban J connectivity index is 2.03. The molecule has 0 fully saturated rings. The normalized spacial score (nSPS) is 11.9. The van der Waals surface area contributed by atoms with Gasteiger partial charge in [-0.3, -0.25) is 13.9 Å². The van der Waals surface area contributed by atoms with Gasteiger partial charge in [0.2, 0.25) is 11.8 Å². The zero-order valence-corrected chi connectivity index (χ0v) is 22.8. The summed E-state index contributed by atoms with van der Waals surface area (Å²) in [5.41, 5.74) is 0.709. The number of halogens is 2. The van der Waals surface area contributed by atoms with Crippen LogP contribution in [-0.2, 0) is 26.2 Å². The molecular formula is C27H29ClFN3O5S. The fourth-order valence-corrected chi connectivity index (χ4v) is 5.32. The number of nitrogens with zero attached hydrogens (tertiary/aromatic N) is 2. The second-order valence-electron chi connectivity index (χ2n) is 8.36. The van der Waals surface area contributed by atoms with E-state index < -0.39 is 40.2 Å². The number of benzene rings is 3. The molecule has 2 amide bonds. The Bertz CT molecular complexity index is 1370. The fraction of sp³-hybridized carbons (Fsp3) is 0.259. The zero-order valence-electron chi connectivity index (χ0n) is 21.2. The molecule has 0 radical (unpaired) electrons. The number of hydrogen-bond acceptors (Lipinski definition) is 5. The SMILES string of the molecule is CCNC(=O)C(C)N(Cc1ccc(OC)cc1)C(=O)CN(c1ccc(F)c(Cl)c1)S(=O)(=O)c1ccccc1. The van der Waals surface area contributed by atoms with E-state index in [9.17, 15) is 22.4 Å². The first-order chi connectivity index (χ1) is 18.1. The number of rotatable bonds is 11. The number of ether oxygens (including phenoxy) is 1. The van der Waals surface area contributed by atoms with E-state index in [1.807, 2.05) is 0 Å². The molecule has 1 unspecified atom stereocenters. The second kappa shape index (κ2) is 12.7. The van der Waals surface area contributed by atoms with Crippen molar-refractivity contribution in [1.82, 2.24) is 10.2 Å². The second-order valence-corrected chi connectivity index (χ2v) is 10.6. The molecule has 0 bridgehead atoms. The molecule has 202 valence electrons. The number of anilines is 1. The fourth-order valence-electron chi connectivity index (χ4n) is 3.72. The number of carbonyl (C=O) groups excluding carboxylic acids is 2. The zero-order chi connectivity index (χ0) is 27.9. The minimum absolute atomic E-state index is 0.00339. The number of sulfonamides is 1. The summed E-state index contributed by atoms with van der Waals surface area (Å²) < 4.78 is 47.2. The third-order valence-corrected chi connectivity index (χ3v) is 7.91. The van der Waals surface area contributed by atoms with Crippen LogP contribution in [0.5, 0.6) is 5.75 Å². The highest BCUT2D eigenvalue weighted by Crippen LogP contribution is 2.28. The van der Waals surface area contributed by atoms with Crippen molar-refractivity contribution in [2.75, 3.05) is 24.5 Å². The van der Waals surface area contributed by atoms with Gasteiger partial charge in [0.15, 0.2) is 0 Å². The van der Waals surface area contributed by atoms with Crippen molar-refractivity contribution in [3.8, 4) is 5.75 Å². The maximum absolute atomic E-state index is 13.9. The van der Waals surface area contributed by atoms with Crippen molar-refractivity contribution in [2.24, 2.45) is 0 Å². The first-order valence-electron chi connectivity index (χ1n) is 11.8. The molecule has 3 aromatic carbocycles. The molecule has 1 atom stereocenters. The van der Waals surface area contributed by atoms with Crippen molar-refractivity contribution in [3.05, 3.63) is 89.2 Å². The van der Waals surface area contributed by atoms with Gasteiger partial charge in [0.05, 0.1) is 22.7 Å². The van der Waals surface area contributed by atoms with E-state index in [2.05, 4.69) is 5.32 Å². The summed E-state index contributed by atoms with van der Waals surface area (Å²) in [6.07, 6.45) is 0. The Morgan fingerprint density at radius 1 is 1.05 bits per heavy atom. The number of hydrogen-bond donors (Lipinski definition) is 1. The average Bonchev–Trinajstić information content (AvgIpc) is 2.92. The highest BCUT2D eigenvalue weighted by molar-refractivity contribution is 7.92. The number of likely N-dealkylation sites (N-methyl/N-ethyl adjacent to an activating group) is 1. The maximum Gasteiger partial charge on any atom is 0.264 e. The molecule has 0 heterocycles. The molecule has 0 spiro atoms. The third-order valence-electron chi connectivity index (χ3n) is 5.83. The molecule has 0 aliphatic rings. The quantitative estimate of drug-likeness (QED) is 0.378. The maximum atomic E-state index is 13.9. The minimum atomic E-state index is -4.26. The van der Waals surface area contributed by atoms with E-state index in [0.717, 1.165) is 16.4 Å². The topological polar surface area (TPSA) is 96.0 Å². The van der Waals surface area contributed by atoms with Crippen molar-refractivity contribution in [2.45, 2.75) is 31.3 Å². The van der Waals surface area contributed by atoms with E-state index in [1.54, 1.807) is 56.3 Å². The van der Waals surface area contributed by atoms with Crippen LogP contribution in [-0.4, -0.2) is 51.4 Å². The van der Waals surface area contributed by atoms with Gasteiger partial charge < -0.3 is 15.0 Å². The Hall–Kier alpha value is -3.63. The van der Waals surface area contributed by atoms with Gasteiger partial charge in [0, 0.05) is 13.1 Å². The highest BCUT2D eigenvalue weighted by Gasteiger charge is 2.32. The molecule has 38 heavy (non-hydrogen) atoms. The van der Waals surface area contributed by atoms with Gasteiger partial charge >= 0.3 is 0 Å². The molecule has 3 rings (SSSR count). The minimum Gasteiger partial charge on any atom is -0.497 e. The molecule has 0 saturated heterocycles. The molecule has 8 nitrogen and oxygen atoms in total. The molecule has 11 heteroatoms. The summed E-state index contributed by atoms with van der Waals surface area (Å²) in [7, 11) is -2.73. The van der Waals surface area contributed by atoms with Crippen LogP contribution in [0.25, 0.3) is 0 Å². The van der Waals surface area contributed by atoms with Gasteiger partial charge in [-0.1, -0.05) is 41.9 Å². The Morgan fingerprint density at radius 2 is 1.71 bits per heavy atom. The van der Waals surface area contributed by atoms with E-state index >= 15 is 0 Å². The summed E-state index contributed by atoms with van der Waals surface area (Å²) in [6.45, 7) is 3.06. The van der Waals surface area contributed by atoms with Crippen LogP contribution in [0.4, 0.5) is 10.1 Å². The Labute approximate surface area is 227 Å². The van der Waals surface area contributed by atoms with Gasteiger partial charge in [-0.25, -0.2) is 12.8 Å². The van der Waals surface area contributed by atoms with Gasteiger partial charge in [-0.05, 0) is 61.9 Å². The number of nitrogens with one attached hydrogen (secondary N) is 1. The van der Waals surface area contributed by atoms with Gasteiger partial charge in [0.1, 0.15) is 24.2 Å². The van der Waals surface area contributed by atoms with Crippen LogP contribution < -0.4 is 14.4 Å². The van der Waals surface area contributed by atoms with Crippen LogP contribution in [0.2, 0.25) is 5.02 Å². The van der Waals surface area contributed by atoms with Crippen molar-refractivity contribution >= 4 is 39.1 Å². The summed E-state index contributed by atoms with van der Waals surface area (Å²) in [5.74, 6) is -1.14. The van der Waals surface area contributed by atoms with Crippen molar-refractivity contribution in [1.29, 1.82) is 0 Å². The standard InChI is InChI=1S/C27H29ClFN3O5S/c1-4-30-27(34)19(2)31(17-20-10-13-22(37-3)14-11-20)26(33)18-32(21-12-15-25(29)24(28)16-21)38(35,36)23-8-6-5-7-9-23/h5-16,19H,4,17-18H2,1-3H3,(H,30,34). The third kappa shape index (κ3) is 6.81. The van der Waals surface area contributed by atoms with Crippen LogP contribution in [0.15, 0.2) is 77.7 Å². The predicted octanol–water partition coefficient (Wildman–Crippen LogP) is 4.24. The lowest BCUT2D eigenvalue weighted by Gasteiger charge is -2.32. The first kappa shape index (κ1) is 28.9. The highest BCUT2D eigenvalue weighted by atomic mass is 35.5. The first-order valence-corrected chi connectivity index (χ1v) is 13.6. The Kier molecular flexibility index (Phi) is 9.71. The largest absolute Gasteiger partial charge is 0.497 e. The molecule has 0 aliphatic heterocycles. The predicted molar refractivity (Wildman–Crippen MR) is 144 cm³/mol. The molecule has 0 saturated carbocycles. The molecular weight excluding hydrogens is 533 g/mol. The summed E-state index contributed by atoms with van der Waals surface area (Å²) in [5, 5.41) is 2.40. The Morgan fingerprint density at radius 3 is 2.29 bits per heavy atom. The molecule has 0 aliphatic carbocycles. The van der Waals surface area contributed by atoms with E-state index in [0.29, 0.717) is 17.9 Å². The van der Waals surface area contributed by atoms with E-state index in [1.165, 1.54) is 30.2 Å². The van der Waals surface area contributed by atoms with Crippen molar-refractivity contribution in [3.63, 3.8) is 0 Å². The van der Waals surface area contributed by atoms with Crippen molar-refractivity contribution < 1.29 is 27.1 Å². The number of methoxy groups -OCH3 is 1. The lowest BCUT2D eigenvalue weighted by molar-refractivity contribution is -0.139. The lowest BCUT2D eigenvalue weighted by Crippen LogP contribution is -2.51. The van der Waals surface area contributed by atoms with Crippen LogP contribution in [0, 0.1) is 5.82 Å². The summed E-state index contributed by atoms with van der Waals surface area (Å²) in [4.78, 5) is 27.7. The van der Waals surface area contributed by atoms with Crippen LogP contribution in [0.1, 0.15) is 19.4 Å². The number of carbonyl (C=O) groups is 2. The average molecular weight is 562 g/mol. The molecule has 1 N–H and O–H groups in total. The lowest BCUT2D eigenvalue weighted by atomic mass is 10.1. The van der Waals surface area contributed by atoms with E-state index in [4.69, 9.17) is 16.3 Å². The van der Waals surface area contributed by atoms with Gasteiger partial charge in [0.25, 0.3) is 10.0 Å². The monoisotopic (exact) mass is 561 g/mol. The van der Waals surface area contributed by atoms with Gasteiger partial charge in [-0.15, -0.1) is 0 Å². The summed E-state index contributed by atoms with van der Waals surface area (Å²) >= 11 is 5.96. The smallest absolute Gasteiger partial charge is 0.264 e. The number of amides is 2. The van der Waals surface area contributed by atoms with Crippen LogP contribution in [0.3, 0.4) is 0 Å². The van der Waals surface area contributed by atoms with E-state index in [-0.39, 0.29) is 22.2 Å². The molecule has 0 aromatic heterocycles.